The van der Waals surface area contributed by atoms with E-state index in [0.717, 1.165) is 12.5 Å². The Labute approximate surface area is 82.5 Å². The Morgan fingerprint density at radius 3 is 2.87 bits per heavy atom. The van der Waals surface area contributed by atoms with Crippen LogP contribution >= 0.6 is 0 Å². The van der Waals surface area contributed by atoms with Crippen molar-refractivity contribution in [2.45, 2.75) is 0 Å². The van der Waals surface area contributed by atoms with E-state index in [1.54, 1.807) is 0 Å². The van der Waals surface area contributed by atoms with Crippen molar-refractivity contribution in [3.05, 3.63) is 40.5 Å². The van der Waals surface area contributed by atoms with Gasteiger partial charge in [0.15, 0.2) is 0 Å². The molecule has 0 aliphatic rings. The van der Waals surface area contributed by atoms with E-state index in [2.05, 4.69) is 14.7 Å². The number of nitrogens with zero attached hydrogens (tertiary/aromatic N) is 3. The third-order valence-corrected chi connectivity index (χ3v) is 1.77. The lowest BCUT2D eigenvalue weighted by Gasteiger charge is -1.98. The predicted molar refractivity (Wildman–Crippen MR) is 46.3 cm³/mol. The maximum atomic E-state index is 13.3. The summed E-state index contributed by atoms with van der Waals surface area (Å²) >= 11 is 0. The molecule has 1 aromatic carbocycles. The summed E-state index contributed by atoms with van der Waals surface area (Å²) in [5.74, 6) is -0.898. The van der Waals surface area contributed by atoms with Crippen LogP contribution in [-0.2, 0) is 0 Å². The molecule has 0 bridgehead atoms. The second kappa shape index (κ2) is 3.45. The van der Waals surface area contributed by atoms with Crippen LogP contribution in [0.3, 0.4) is 0 Å². The first-order chi connectivity index (χ1) is 7.20. The number of hydrogen-bond donors (Lipinski definition) is 0. The van der Waals surface area contributed by atoms with Gasteiger partial charge in [-0.25, -0.2) is 4.39 Å². The van der Waals surface area contributed by atoms with Crippen LogP contribution < -0.4 is 0 Å². The molecule has 0 saturated heterocycles. The highest BCUT2D eigenvalue weighted by Crippen LogP contribution is 2.29. The lowest BCUT2D eigenvalue weighted by molar-refractivity contribution is -0.384. The van der Waals surface area contributed by atoms with Gasteiger partial charge in [0.1, 0.15) is 11.4 Å². The molecule has 0 aliphatic heterocycles. The third kappa shape index (κ3) is 1.54. The van der Waals surface area contributed by atoms with Gasteiger partial charge in [-0.15, -0.1) is 0 Å². The summed E-state index contributed by atoms with van der Waals surface area (Å²) in [6.45, 7) is 0. The molecule has 0 atom stereocenters. The number of hydrogen-bond acceptors (Lipinski definition) is 5. The zero-order valence-electron chi connectivity index (χ0n) is 7.25. The van der Waals surface area contributed by atoms with Crippen molar-refractivity contribution in [2.24, 2.45) is 0 Å². The minimum atomic E-state index is -0.759. The molecule has 0 aliphatic carbocycles. The third-order valence-electron chi connectivity index (χ3n) is 1.77. The molecule has 0 saturated carbocycles. The number of rotatable bonds is 2. The largest absolute Gasteiger partial charge is 0.342 e. The van der Waals surface area contributed by atoms with E-state index in [1.807, 2.05) is 0 Å². The van der Waals surface area contributed by atoms with E-state index in [-0.39, 0.29) is 11.4 Å². The molecule has 0 amide bonds. The molecular weight excluding hydrogens is 205 g/mol. The lowest BCUT2D eigenvalue weighted by atomic mass is 10.1. The number of nitro groups is 1. The van der Waals surface area contributed by atoms with Crippen molar-refractivity contribution in [3.8, 4) is 11.4 Å². The van der Waals surface area contributed by atoms with Gasteiger partial charge in [-0.05, 0) is 6.07 Å². The molecule has 7 heteroatoms. The second-order valence-corrected chi connectivity index (χ2v) is 2.65. The van der Waals surface area contributed by atoms with Gasteiger partial charge >= 0.3 is 0 Å². The van der Waals surface area contributed by atoms with Crippen molar-refractivity contribution in [3.63, 3.8) is 0 Å². The Morgan fingerprint density at radius 2 is 2.27 bits per heavy atom. The molecule has 0 radical (unpaired) electrons. The highest BCUT2D eigenvalue weighted by Gasteiger charge is 2.22. The van der Waals surface area contributed by atoms with Gasteiger partial charge < -0.3 is 4.52 Å². The molecule has 6 nitrogen and oxygen atoms in total. The lowest BCUT2D eigenvalue weighted by Crippen LogP contribution is -1.95. The summed E-state index contributed by atoms with van der Waals surface area (Å²) < 4.78 is 17.8. The molecule has 1 heterocycles. The van der Waals surface area contributed by atoms with Crippen LogP contribution in [0.1, 0.15) is 0 Å². The van der Waals surface area contributed by atoms with Crippen molar-refractivity contribution in [1.29, 1.82) is 0 Å². The fraction of sp³-hybridized carbons (Fsp3) is 0. The molecule has 2 aromatic rings. The van der Waals surface area contributed by atoms with E-state index in [4.69, 9.17) is 0 Å². The summed E-state index contributed by atoms with van der Waals surface area (Å²) in [6, 6.07) is 3.52. The van der Waals surface area contributed by atoms with Crippen molar-refractivity contribution in [1.82, 2.24) is 10.1 Å². The summed E-state index contributed by atoms with van der Waals surface area (Å²) in [6.07, 6.45) is 0.978. The van der Waals surface area contributed by atoms with Crippen LogP contribution in [0.4, 0.5) is 10.1 Å². The molecule has 0 spiro atoms. The SMILES string of the molecule is O=[N+]([O-])c1cccc(F)c1-c1ncon1. The molecule has 0 unspecified atom stereocenters. The number of nitro benzene ring substituents is 1. The molecule has 15 heavy (non-hydrogen) atoms. The van der Waals surface area contributed by atoms with Gasteiger partial charge in [-0.3, -0.25) is 10.1 Å². The minimum Gasteiger partial charge on any atom is -0.342 e. The summed E-state index contributed by atoms with van der Waals surface area (Å²) in [4.78, 5) is 13.5. The Kier molecular flexibility index (Phi) is 2.13. The first-order valence-electron chi connectivity index (χ1n) is 3.90. The first-order valence-corrected chi connectivity index (χ1v) is 3.90. The summed E-state index contributed by atoms with van der Waals surface area (Å²) in [5.41, 5.74) is -0.660. The average molecular weight is 209 g/mol. The number of aromatic nitrogens is 2. The second-order valence-electron chi connectivity index (χ2n) is 2.65. The normalized spacial score (nSPS) is 10.2. The van der Waals surface area contributed by atoms with E-state index in [9.17, 15) is 14.5 Å². The fourth-order valence-corrected chi connectivity index (χ4v) is 1.17. The van der Waals surface area contributed by atoms with Crippen molar-refractivity contribution >= 4 is 5.69 Å². The van der Waals surface area contributed by atoms with Gasteiger partial charge in [-0.1, -0.05) is 11.2 Å². The van der Waals surface area contributed by atoms with Crippen LogP contribution in [0.25, 0.3) is 11.4 Å². The molecule has 2 rings (SSSR count). The first kappa shape index (κ1) is 9.25. The monoisotopic (exact) mass is 209 g/mol. The van der Waals surface area contributed by atoms with E-state index >= 15 is 0 Å². The Bertz CT molecular complexity index is 498. The van der Waals surface area contributed by atoms with Crippen LogP contribution in [-0.4, -0.2) is 15.1 Å². The van der Waals surface area contributed by atoms with Crippen molar-refractivity contribution < 1.29 is 13.8 Å². The van der Waals surface area contributed by atoms with Crippen molar-refractivity contribution in [2.75, 3.05) is 0 Å². The number of halogens is 1. The zero-order valence-corrected chi connectivity index (χ0v) is 7.25. The molecule has 0 fully saturated rings. The quantitative estimate of drug-likeness (QED) is 0.556. The fourth-order valence-electron chi connectivity index (χ4n) is 1.17. The Hall–Kier alpha value is -2.31. The van der Waals surface area contributed by atoms with Crippen LogP contribution in [0, 0.1) is 15.9 Å². The van der Waals surface area contributed by atoms with Crippen LogP contribution in [0.15, 0.2) is 29.1 Å². The van der Waals surface area contributed by atoms with Crippen LogP contribution in [0.5, 0.6) is 0 Å². The zero-order chi connectivity index (χ0) is 10.8. The van der Waals surface area contributed by atoms with E-state index in [0.29, 0.717) is 0 Å². The molecular formula is C8H4FN3O3. The average Bonchev–Trinajstić information content (AvgIpc) is 2.70. The highest BCUT2D eigenvalue weighted by atomic mass is 19.1. The number of benzene rings is 1. The summed E-state index contributed by atoms with van der Waals surface area (Å²) in [7, 11) is 0. The maximum absolute atomic E-state index is 13.3. The van der Waals surface area contributed by atoms with E-state index < -0.39 is 16.4 Å². The highest BCUT2D eigenvalue weighted by molar-refractivity contribution is 5.67. The Balaban J connectivity index is 2.68. The van der Waals surface area contributed by atoms with Gasteiger partial charge in [0.05, 0.1) is 4.92 Å². The van der Waals surface area contributed by atoms with Gasteiger partial charge in [0.2, 0.25) is 12.2 Å². The molecule has 76 valence electrons. The standard InChI is InChI=1S/C8H4FN3O3/c9-5-2-1-3-6(12(13)14)7(5)8-10-4-15-11-8/h1-4H. The Morgan fingerprint density at radius 1 is 1.47 bits per heavy atom. The summed E-state index contributed by atoms with van der Waals surface area (Å²) in [5, 5.41) is 14.0. The van der Waals surface area contributed by atoms with Crippen LogP contribution in [0.2, 0.25) is 0 Å². The smallest absolute Gasteiger partial charge is 0.283 e. The molecule has 1 aromatic heterocycles. The minimum absolute atomic E-state index is 0.139. The van der Waals surface area contributed by atoms with E-state index in [1.165, 1.54) is 12.1 Å². The predicted octanol–water partition coefficient (Wildman–Crippen LogP) is 1.78. The molecule has 0 N–H and O–H groups in total. The van der Waals surface area contributed by atoms with Gasteiger partial charge in [0, 0.05) is 6.07 Å². The van der Waals surface area contributed by atoms with Gasteiger partial charge in [0.25, 0.3) is 5.69 Å². The van der Waals surface area contributed by atoms with Gasteiger partial charge in [-0.2, -0.15) is 4.98 Å². The topological polar surface area (TPSA) is 82.1 Å². The maximum Gasteiger partial charge on any atom is 0.283 e.